The summed E-state index contributed by atoms with van der Waals surface area (Å²) >= 11 is 11.9. The zero-order valence-electron chi connectivity index (χ0n) is 13.9. The van der Waals surface area contributed by atoms with Crippen LogP contribution < -0.4 is 0 Å². The van der Waals surface area contributed by atoms with Gasteiger partial charge in [-0.3, -0.25) is 4.57 Å². The first-order valence-electron chi connectivity index (χ1n) is 7.51. The molecule has 2 aromatic rings. The quantitative estimate of drug-likeness (QED) is 0.302. The predicted octanol–water partition coefficient (Wildman–Crippen LogP) is 4.44. The van der Waals surface area contributed by atoms with Gasteiger partial charge in [0.05, 0.1) is 22.2 Å². The van der Waals surface area contributed by atoms with Gasteiger partial charge in [0.2, 0.25) is 0 Å². The summed E-state index contributed by atoms with van der Waals surface area (Å²) in [6.45, 7) is 1.69. The van der Waals surface area contributed by atoms with E-state index in [0.29, 0.717) is 0 Å². The lowest BCUT2D eigenvalue weighted by Gasteiger charge is -2.18. The Labute approximate surface area is 164 Å². The zero-order chi connectivity index (χ0) is 20.4. The summed E-state index contributed by atoms with van der Waals surface area (Å²) in [5.41, 5.74) is -0.276. The molecule has 144 valence electrons. The molecule has 0 aromatic heterocycles. The fourth-order valence-electron chi connectivity index (χ4n) is 2.43. The molecule has 0 radical (unpaired) electrons. The Morgan fingerprint density at radius 2 is 1.70 bits per heavy atom. The average molecular weight is 433 g/mol. The van der Waals surface area contributed by atoms with Gasteiger partial charge in [0.25, 0.3) is 0 Å². The minimum atomic E-state index is -4.93. The van der Waals surface area contributed by atoms with E-state index >= 15 is 0 Å². The largest absolute Gasteiger partial charge is 0.508 e. The third-order valence-corrected chi connectivity index (χ3v) is 5.07. The molecule has 7 nitrogen and oxygen atoms in total. The molecular weight excluding hydrogens is 418 g/mol. The molecule has 2 aromatic carbocycles. The molecule has 0 fully saturated rings. The van der Waals surface area contributed by atoms with E-state index in [1.165, 1.54) is 24.3 Å². The molecule has 0 bridgehead atoms. The van der Waals surface area contributed by atoms with Crippen LogP contribution in [0.1, 0.15) is 28.4 Å². The Morgan fingerprint density at radius 1 is 1.11 bits per heavy atom. The third kappa shape index (κ3) is 4.83. The van der Waals surface area contributed by atoms with E-state index in [0.717, 1.165) is 12.1 Å². The van der Waals surface area contributed by atoms with Crippen LogP contribution in [-0.4, -0.2) is 32.6 Å². The maximum atomic E-state index is 12.2. The number of carbonyl (C=O) groups is 1. The molecule has 0 spiro atoms. The van der Waals surface area contributed by atoms with Crippen molar-refractivity contribution < 1.29 is 34.1 Å². The standard InChI is InChI=1S/C17H15Cl2O7P/c1-2-26-15(9-4-3-5-11(20)6-9)16(27(23,24)25)10-7-12(18)14(17(21)22)13(19)8-10/h3-8,20H,2H2,1H3,(H,21,22)(H2,23,24,25). The summed E-state index contributed by atoms with van der Waals surface area (Å²) in [6, 6.07) is 7.82. The SMILES string of the molecule is CCOC(=C(c1cc(Cl)c(C(=O)O)c(Cl)c1)P(=O)(O)O)c1cccc(O)c1. The summed E-state index contributed by atoms with van der Waals surface area (Å²) in [5.74, 6) is -1.69. The average Bonchev–Trinajstić information content (AvgIpc) is 2.52. The predicted molar refractivity (Wildman–Crippen MR) is 102 cm³/mol. The maximum Gasteiger partial charge on any atom is 0.360 e. The molecule has 27 heavy (non-hydrogen) atoms. The molecule has 0 atom stereocenters. The number of aromatic carboxylic acids is 1. The Morgan fingerprint density at radius 3 is 2.15 bits per heavy atom. The maximum absolute atomic E-state index is 12.2. The molecular formula is C17H15Cl2O7P. The first kappa shape index (κ1) is 21.3. The molecule has 0 amide bonds. The van der Waals surface area contributed by atoms with Crippen molar-refractivity contribution in [1.29, 1.82) is 0 Å². The first-order chi connectivity index (χ1) is 12.6. The Bertz CT molecular complexity index is 942. The van der Waals surface area contributed by atoms with Crippen molar-refractivity contribution in [2.75, 3.05) is 6.61 Å². The number of benzene rings is 2. The normalized spacial score (nSPS) is 12.5. The van der Waals surface area contributed by atoms with E-state index in [9.17, 15) is 24.3 Å². The number of carboxylic acids is 1. The van der Waals surface area contributed by atoms with Gasteiger partial charge in [-0.2, -0.15) is 0 Å². The Kier molecular flexibility index (Phi) is 6.57. The highest BCUT2D eigenvalue weighted by Crippen LogP contribution is 2.55. The van der Waals surface area contributed by atoms with Crippen LogP contribution >= 0.6 is 30.8 Å². The van der Waals surface area contributed by atoms with E-state index in [4.69, 9.17) is 33.0 Å². The third-order valence-electron chi connectivity index (χ3n) is 3.43. The number of ether oxygens (including phenoxy) is 1. The van der Waals surface area contributed by atoms with Gasteiger partial charge in [-0.05, 0) is 36.8 Å². The molecule has 0 unspecified atom stereocenters. The second-order valence-corrected chi connectivity index (χ2v) is 7.67. The molecule has 0 aliphatic rings. The molecule has 0 aliphatic carbocycles. The lowest BCUT2D eigenvalue weighted by atomic mass is 10.1. The van der Waals surface area contributed by atoms with Crippen LogP contribution in [0.25, 0.3) is 11.1 Å². The van der Waals surface area contributed by atoms with Crippen LogP contribution in [0.4, 0.5) is 0 Å². The molecule has 0 aliphatic heterocycles. The van der Waals surface area contributed by atoms with Crippen molar-refractivity contribution in [3.63, 3.8) is 0 Å². The summed E-state index contributed by atoms with van der Waals surface area (Å²) in [5, 5.41) is 17.7. The van der Waals surface area contributed by atoms with Crippen molar-refractivity contribution in [3.8, 4) is 5.75 Å². The molecule has 0 saturated carbocycles. The fourth-order valence-corrected chi connectivity index (χ4v) is 4.00. The Balaban J connectivity index is 2.87. The highest BCUT2D eigenvalue weighted by molar-refractivity contribution is 7.63. The number of aromatic hydroxyl groups is 1. The number of hydrogen-bond acceptors (Lipinski definition) is 4. The first-order valence-corrected chi connectivity index (χ1v) is 9.88. The van der Waals surface area contributed by atoms with Gasteiger partial charge >= 0.3 is 13.6 Å². The lowest BCUT2D eigenvalue weighted by molar-refractivity contribution is 0.0697. The molecule has 4 N–H and O–H groups in total. The number of phenolic OH excluding ortho intramolecular Hbond substituents is 1. The molecule has 2 rings (SSSR count). The summed E-state index contributed by atoms with van der Waals surface area (Å²) in [7, 11) is -4.93. The van der Waals surface area contributed by atoms with Crippen LogP contribution in [0.5, 0.6) is 5.75 Å². The summed E-state index contributed by atoms with van der Waals surface area (Å²) < 4.78 is 17.7. The van der Waals surface area contributed by atoms with Crippen molar-refractivity contribution >= 4 is 47.8 Å². The Hall–Kier alpha value is -2.02. The second kappa shape index (κ2) is 8.33. The number of halogens is 2. The van der Waals surface area contributed by atoms with Gasteiger partial charge in [0.1, 0.15) is 16.8 Å². The number of carboxylic acid groups (broad SMARTS) is 1. The summed E-state index contributed by atoms with van der Waals surface area (Å²) in [6.07, 6.45) is 0. The van der Waals surface area contributed by atoms with Gasteiger partial charge in [-0.25, -0.2) is 4.79 Å². The van der Waals surface area contributed by atoms with Gasteiger partial charge in [0, 0.05) is 5.56 Å². The van der Waals surface area contributed by atoms with Crippen molar-refractivity contribution in [2.45, 2.75) is 6.92 Å². The van der Waals surface area contributed by atoms with Gasteiger partial charge in [0.15, 0.2) is 0 Å². The monoisotopic (exact) mass is 432 g/mol. The number of phenols is 1. The van der Waals surface area contributed by atoms with E-state index < -0.39 is 18.9 Å². The van der Waals surface area contributed by atoms with Crippen LogP contribution in [0.3, 0.4) is 0 Å². The molecule has 10 heteroatoms. The smallest absolute Gasteiger partial charge is 0.360 e. The van der Waals surface area contributed by atoms with Gasteiger partial charge < -0.3 is 24.7 Å². The number of hydrogen-bond donors (Lipinski definition) is 4. The van der Waals surface area contributed by atoms with E-state index in [1.54, 1.807) is 6.92 Å². The van der Waals surface area contributed by atoms with Gasteiger partial charge in [-0.15, -0.1) is 0 Å². The minimum absolute atomic E-state index is 0.0726. The molecule has 0 saturated heterocycles. The lowest BCUT2D eigenvalue weighted by Crippen LogP contribution is -2.02. The number of rotatable bonds is 6. The second-order valence-electron chi connectivity index (χ2n) is 5.33. The van der Waals surface area contributed by atoms with Crippen LogP contribution in [0.15, 0.2) is 36.4 Å². The van der Waals surface area contributed by atoms with Gasteiger partial charge in [-0.1, -0.05) is 35.3 Å². The summed E-state index contributed by atoms with van der Waals surface area (Å²) in [4.78, 5) is 31.1. The van der Waals surface area contributed by atoms with Crippen LogP contribution in [0.2, 0.25) is 10.0 Å². The van der Waals surface area contributed by atoms with E-state index in [-0.39, 0.29) is 44.9 Å². The van der Waals surface area contributed by atoms with Crippen molar-refractivity contribution in [2.24, 2.45) is 0 Å². The van der Waals surface area contributed by atoms with Crippen LogP contribution in [-0.2, 0) is 9.30 Å². The highest BCUT2D eigenvalue weighted by Gasteiger charge is 2.31. The van der Waals surface area contributed by atoms with Crippen molar-refractivity contribution in [1.82, 2.24) is 0 Å². The van der Waals surface area contributed by atoms with E-state index in [2.05, 4.69) is 0 Å². The topological polar surface area (TPSA) is 124 Å². The molecule has 0 heterocycles. The zero-order valence-corrected chi connectivity index (χ0v) is 16.3. The van der Waals surface area contributed by atoms with E-state index in [1.807, 2.05) is 0 Å². The minimum Gasteiger partial charge on any atom is -0.508 e. The van der Waals surface area contributed by atoms with Crippen molar-refractivity contribution in [3.05, 3.63) is 63.1 Å². The highest BCUT2D eigenvalue weighted by atomic mass is 35.5. The fraction of sp³-hybridized carbons (Fsp3) is 0.118. The van der Waals surface area contributed by atoms with Crippen LogP contribution in [0, 0.1) is 0 Å².